The van der Waals surface area contributed by atoms with Crippen LogP contribution in [0.1, 0.15) is 28.0 Å². The van der Waals surface area contributed by atoms with Gasteiger partial charge in [-0.1, -0.05) is 0 Å². The average molecular weight is 426 g/mol. The molecule has 6 nitrogen and oxygen atoms in total. The summed E-state index contributed by atoms with van der Waals surface area (Å²) in [6.45, 7) is 1.64. The van der Waals surface area contributed by atoms with E-state index >= 15 is 0 Å². The third-order valence-corrected chi connectivity index (χ3v) is 4.79. The van der Waals surface area contributed by atoms with E-state index in [9.17, 15) is 18.0 Å². The summed E-state index contributed by atoms with van der Waals surface area (Å²) in [5, 5.41) is 6.59. The number of anilines is 1. The highest BCUT2D eigenvalue weighted by molar-refractivity contribution is 6.08. The van der Waals surface area contributed by atoms with Crippen molar-refractivity contribution in [2.24, 2.45) is 0 Å². The van der Waals surface area contributed by atoms with Crippen molar-refractivity contribution in [1.29, 1.82) is 0 Å². The van der Waals surface area contributed by atoms with E-state index < -0.39 is 23.8 Å². The normalized spacial score (nSPS) is 11.2. The number of halogens is 3. The summed E-state index contributed by atoms with van der Waals surface area (Å²) in [4.78, 5) is 17.2. The molecule has 0 saturated carbocycles. The van der Waals surface area contributed by atoms with Crippen LogP contribution in [0.5, 0.6) is 5.75 Å². The number of fused-ring (bicyclic) bond motifs is 1. The number of carbonyl (C=O) groups is 1. The van der Waals surface area contributed by atoms with Crippen LogP contribution in [0, 0.1) is 12.7 Å². The maximum atomic E-state index is 13.7. The molecule has 0 atom stereocenters. The molecule has 4 aromatic rings. The van der Waals surface area contributed by atoms with Crippen LogP contribution in [-0.4, -0.2) is 27.6 Å². The number of rotatable bonds is 5. The molecule has 0 bridgehead atoms. The molecule has 0 spiro atoms. The number of hydrogen-bond acceptors (Lipinski definition) is 4. The van der Waals surface area contributed by atoms with Crippen molar-refractivity contribution in [1.82, 2.24) is 14.6 Å². The Kier molecular flexibility index (Phi) is 5.33. The standard InChI is InChI=1S/C22H17F3N4O2/c1-12-9-14(23)5-8-17(12)28-22(30)16-11-26-29-19(20(24)25)10-18(27-21(16)29)13-3-6-15(31-2)7-4-13/h3-11,20H,1-2H3,(H,28,30). The number of hydrogen-bond donors (Lipinski definition) is 1. The number of nitrogens with zero attached hydrogens (tertiary/aromatic N) is 3. The predicted molar refractivity (Wildman–Crippen MR) is 109 cm³/mol. The predicted octanol–water partition coefficient (Wildman–Crippen LogP) is 5.04. The van der Waals surface area contributed by atoms with Gasteiger partial charge in [0.1, 0.15) is 22.8 Å². The Balaban J connectivity index is 1.79. The van der Waals surface area contributed by atoms with E-state index in [0.29, 0.717) is 22.6 Å². The topological polar surface area (TPSA) is 68.5 Å². The van der Waals surface area contributed by atoms with Crippen LogP contribution in [0.3, 0.4) is 0 Å². The number of ether oxygens (including phenoxy) is 1. The Morgan fingerprint density at radius 3 is 2.52 bits per heavy atom. The summed E-state index contributed by atoms with van der Waals surface area (Å²) in [7, 11) is 1.52. The fourth-order valence-electron chi connectivity index (χ4n) is 3.17. The largest absolute Gasteiger partial charge is 0.497 e. The SMILES string of the molecule is COc1ccc(-c2cc(C(F)F)n3ncc(C(=O)Nc4ccc(F)cc4C)c3n2)cc1. The molecule has 0 aliphatic heterocycles. The summed E-state index contributed by atoms with van der Waals surface area (Å²) in [5.74, 6) is -0.416. The maximum Gasteiger partial charge on any atom is 0.280 e. The smallest absolute Gasteiger partial charge is 0.280 e. The molecule has 0 fully saturated rings. The zero-order valence-electron chi connectivity index (χ0n) is 16.6. The van der Waals surface area contributed by atoms with Gasteiger partial charge in [-0.05, 0) is 61.0 Å². The highest BCUT2D eigenvalue weighted by Crippen LogP contribution is 2.28. The van der Waals surface area contributed by atoms with Crippen LogP contribution in [0.15, 0.2) is 54.7 Å². The van der Waals surface area contributed by atoms with Crippen LogP contribution in [-0.2, 0) is 0 Å². The quantitative estimate of drug-likeness (QED) is 0.485. The lowest BCUT2D eigenvalue weighted by Gasteiger charge is -2.10. The minimum Gasteiger partial charge on any atom is -0.497 e. The van der Waals surface area contributed by atoms with E-state index in [1.165, 1.54) is 37.6 Å². The van der Waals surface area contributed by atoms with Gasteiger partial charge in [0.2, 0.25) is 0 Å². The third kappa shape index (κ3) is 3.94. The van der Waals surface area contributed by atoms with E-state index in [4.69, 9.17) is 4.74 Å². The molecule has 0 aliphatic rings. The van der Waals surface area contributed by atoms with Crippen molar-refractivity contribution in [3.05, 3.63) is 77.4 Å². The molecule has 9 heteroatoms. The molecule has 0 aliphatic carbocycles. The summed E-state index contributed by atoms with van der Waals surface area (Å²) < 4.78 is 46.8. The van der Waals surface area contributed by atoms with Gasteiger partial charge in [-0.15, -0.1) is 0 Å². The van der Waals surface area contributed by atoms with Crippen molar-refractivity contribution in [2.75, 3.05) is 12.4 Å². The number of alkyl halides is 2. The first-order chi connectivity index (χ1) is 14.9. The summed E-state index contributed by atoms with van der Waals surface area (Å²) in [6.07, 6.45) is -1.65. The molecule has 0 radical (unpaired) electrons. The lowest BCUT2D eigenvalue weighted by atomic mass is 10.1. The number of carbonyl (C=O) groups excluding carboxylic acids is 1. The van der Waals surface area contributed by atoms with Crippen molar-refractivity contribution in [3.8, 4) is 17.0 Å². The molecule has 1 N–H and O–H groups in total. The summed E-state index contributed by atoms with van der Waals surface area (Å²) in [5.41, 5.74) is 1.36. The molecular weight excluding hydrogens is 409 g/mol. The van der Waals surface area contributed by atoms with Gasteiger partial charge >= 0.3 is 0 Å². The van der Waals surface area contributed by atoms with Crippen molar-refractivity contribution < 1.29 is 22.7 Å². The van der Waals surface area contributed by atoms with Gasteiger partial charge in [-0.3, -0.25) is 4.79 Å². The van der Waals surface area contributed by atoms with Gasteiger partial charge in [0, 0.05) is 11.3 Å². The molecule has 2 aromatic heterocycles. The summed E-state index contributed by atoms with van der Waals surface area (Å²) >= 11 is 0. The Morgan fingerprint density at radius 2 is 1.87 bits per heavy atom. The number of methoxy groups -OCH3 is 1. The van der Waals surface area contributed by atoms with Crippen molar-refractivity contribution >= 4 is 17.2 Å². The van der Waals surface area contributed by atoms with Gasteiger partial charge < -0.3 is 10.1 Å². The van der Waals surface area contributed by atoms with Gasteiger partial charge in [-0.25, -0.2) is 22.7 Å². The van der Waals surface area contributed by atoms with Gasteiger partial charge in [0.25, 0.3) is 12.3 Å². The molecule has 4 rings (SSSR count). The Morgan fingerprint density at radius 1 is 1.13 bits per heavy atom. The molecule has 158 valence electrons. The number of aromatic nitrogens is 3. The molecule has 2 aromatic carbocycles. The molecule has 31 heavy (non-hydrogen) atoms. The zero-order chi connectivity index (χ0) is 22.1. The second-order valence-corrected chi connectivity index (χ2v) is 6.80. The first-order valence-corrected chi connectivity index (χ1v) is 9.26. The molecule has 2 heterocycles. The van der Waals surface area contributed by atoms with Crippen LogP contribution < -0.4 is 10.1 Å². The first-order valence-electron chi connectivity index (χ1n) is 9.26. The van der Waals surface area contributed by atoms with E-state index in [0.717, 1.165) is 4.52 Å². The van der Waals surface area contributed by atoms with E-state index in [1.54, 1.807) is 31.2 Å². The minimum absolute atomic E-state index is 0.0131. The van der Waals surface area contributed by atoms with Crippen molar-refractivity contribution in [3.63, 3.8) is 0 Å². The van der Waals surface area contributed by atoms with Crippen LogP contribution >= 0.6 is 0 Å². The Bertz CT molecular complexity index is 1270. The van der Waals surface area contributed by atoms with Crippen LogP contribution in [0.25, 0.3) is 16.9 Å². The van der Waals surface area contributed by atoms with Crippen molar-refractivity contribution in [2.45, 2.75) is 13.3 Å². The molecule has 0 saturated heterocycles. The molecule has 1 amide bonds. The lowest BCUT2D eigenvalue weighted by molar-refractivity contribution is 0.102. The second kappa shape index (κ2) is 8.10. The average Bonchev–Trinajstić information content (AvgIpc) is 3.19. The van der Waals surface area contributed by atoms with Gasteiger partial charge in [0.15, 0.2) is 5.65 Å². The Labute approximate surface area is 175 Å². The highest BCUT2D eigenvalue weighted by Gasteiger charge is 2.22. The molecule has 0 unspecified atom stereocenters. The summed E-state index contributed by atoms with van der Waals surface area (Å²) in [6, 6.07) is 11.9. The van der Waals surface area contributed by atoms with E-state index in [1.807, 2.05) is 0 Å². The minimum atomic E-state index is -2.84. The molecular formula is C22H17F3N4O2. The maximum absolute atomic E-state index is 13.7. The lowest BCUT2D eigenvalue weighted by Crippen LogP contribution is -2.13. The highest BCUT2D eigenvalue weighted by atomic mass is 19.3. The van der Waals surface area contributed by atoms with E-state index in [-0.39, 0.29) is 16.9 Å². The number of aryl methyl sites for hydroxylation is 1. The fourth-order valence-corrected chi connectivity index (χ4v) is 3.17. The van der Waals surface area contributed by atoms with Crippen LogP contribution in [0.4, 0.5) is 18.9 Å². The van der Waals surface area contributed by atoms with Crippen LogP contribution in [0.2, 0.25) is 0 Å². The monoisotopic (exact) mass is 426 g/mol. The fraction of sp³-hybridized carbons (Fsp3) is 0.136. The number of nitrogens with one attached hydrogen (secondary N) is 1. The van der Waals surface area contributed by atoms with Gasteiger partial charge in [0.05, 0.1) is 19.0 Å². The van der Waals surface area contributed by atoms with E-state index in [2.05, 4.69) is 15.4 Å². The number of benzene rings is 2. The second-order valence-electron chi connectivity index (χ2n) is 6.80. The number of amides is 1. The van der Waals surface area contributed by atoms with Gasteiger partial charge in [-0.2, -0.15) is 5.10 Å². The zero-order valence-corrected chi connectivity index (χ0v) is 16.6. The first kappa shape index (κ1) is 20.4. The Hall–Kier alpha value is -3.88. The third-order valence-electron chi connectivity index (χ3n) is 4.79.